The molecule has 112 valence electrons. The molecule has 1 fully saturated rings. The maximum absolute atomic E-state index is 12.1. The maximum Gasteiger partial charge on any atom is 0.223 e. The van der Waals surface area contributed by atoms with Gasteiger partial charge in [0, 0.05) is 24.5 Å². The third kappa shape index (κ3) is 5.49. The van der Waals surface area contributed by atoms with Gasteiger partial charge in [0.05, 0.1) is 0 Å². The fraction of sp³-hybridized carbons (Fsp3) is 0.933. The molecule has 1 saturated carbocycles. The molecule has 1 rings (SSSR count). The van der Waals surface area contributed by atoms with Crippen molar-refractivity contribution < 1.29 is 4.79 Å². The highest BCUT2D eigenvalue weighted by molar-refractivity contribution is 5.79. The molecule has 0 aromatic rings. The first-order valence-electron chi connectivity index (χ1n) is 7.65. The van der Waals surface area contributed by atoms with E-state index < -0.39 is 0 Å². The summed E-state index contributed by atoms with van der Waals surface area (Å²) >= 11 is 0. The Balaban J connectivity index is 2.20. The number of carbonyl (C=O) groups is 1. The van der Waals surface area contributed by atoms with E-state index in [-0.39, 0.29) is 11.8 Å². The fourth-order valence-corrected chi connectivity index (χ4v) is 2.76. The molecule has 3 atom stereocenters. The summed E-state index contributed by atoms with van der Waals surface area (Å²) < 4.78 is 0. The summed E-state index contributed by atoms with van der Waals surface area (Å²) in [7, 11) is 2.12. The highest BCUT2D eigenvalue weighted by Gasteiger charge is 2.30. The largest absolute Gasteiger partial charge is 0.356 e. The minimum atomic E-state index is 0.169. The molecule has 0 saturated heterocycles. The zero-order valence-corrected chi connectivity index (χ0v) is 13.0. The van der Waals surface area contributed by atoms with Crippen LogP contribution >= 0.6 is 0 Å². The first kappa shape index (κ1) is 16.4. The van der Waals surface area contributed by atoms with Crippen molar-refractivity contribution in [3.05, 3.63) is 0 Å². The number of hydrogen-bond acceptors (Lipinski definition) is 3. The minimum absolute atomic E-state index is 0.169. The summed E-state index contributed by atoms with van der Waals surface area (Å²) in [6.45, 7) is 8.33. The van der Waals surface area contributed by atoms with Crippen molar-refractivity contribution in [1.29, 1.82) is 0 Å². The Hall–Kier alpha value is -0.610. The second-order valence-electron chi connectivity index (χ2n) is 6.38. The molecule has 0 bridgehead atoms. The average molecular weight is 269 g/mol. The third-order valence-corrected chi connectivity index (χ3v) is 4.42. The molecule has 3 unspecified atom stereocenters. The monoisotopic (exact) mass is 269 g/mol. The third-order valence-electron chi connectivity index (χ3n) is 4.42. The fourth-order valence-electron chi connectivity index (χ4n) is 2.76. The van der Waals surface area contributed by atoms with Crippen LogP contribution in [0, 0.1) is 11.8 Å². The molecule has 0 spiro atoms. The number of nitrogens with two attached hydrogens (primary N) is 1. The van der Waals surface area contributed by atoms with Crippen molar-refractivity contribution in [2.75, 3.05) is 20.1 Å². The van der Waals surface area contributed by atoms with Crippen LogP contribution in [0.1, 0.15) is 46.5 Å². The zero-order valence-electron chi connectivity index (χ0n) is 13.0. The Kier molecular flexibility index (Phi) is 6.80. The smallest absolute Gasteiger partial charge is 0.223 e. The normalized spacial score (nSPS) is 27.8. The van der Waals surface area contributed by atoms with E-state index in [1.807, 2.05) is 0 Å². The second-order valence-corrected chi connectivity index (χ2v) is 6.38. The molecule has 0 heterocycles. The highest BCUT2D eigenvalue weighted by atomic mass is 16.1. The lowest BCUT2D eigenvalue weighted by Gasteiger charge is -2.31. The van der Waals surface area contributed by atoms with Crippen LogP contribution in [0.2, 0.25) is 0 Å². The van der Waals surface area contributed by atoms with Gasteiger partial charge in [-0.05, 0) is 59.0 Å². The molecule has 0 radical (unpaired) electrons. The van der Waals surface area contributed by atoms with Crippen LogP contribution in [0.15, 0.2) is 0 Å². The van der Waals surface area contributed by atoms with Crippen molar-refractivity contribution in [3.63, 3.8) is 0 Å². The Labute approximate surface area is 118 Å². The number of carbonyl (C=O) groups excluding carboxylic acids is 1. The summed E-state index contributed by atoms with van der Waals surface area (Å²) in [5.41, 5.74) is 5.93. The lowest BCUT2D eigenvalue weighted by molar-refractivity contribution is -0.127. The maximum atomic E-state index is 12.1. The number of nitrogens with one attached hydrogen (secondary N) is 1. The predicted molar refractivity (Wildman–Crippen MR) is 79.9 cm³/mol. The molecule has 4 nitrogen and oxygen atoms in total. The summed E-state index contributed by atoms with van der Waals surface area (Å²) in [6.07, 6.45) is 3.92. The molecule has 0 aromatic heterocycles. The number of hydrogen-bond donors (Lipinski definition) is 2. The van der Waals surface area contributed by atoms with Crippen LogP contribution in [0.4, 0.5) is 0 Å². The van der Waals surface area contributed by atoms with Crippen LogP contribution in [0.3, 0.4) is 0 Å². The second kappa shape index (κ2) is 7.85. The molecule has 0 aliphatic heterocycles. The van der Waals surface area contributed by atoms with E-state index in [0.717, 1.165) is 38.8 Å². The summed E-state index contributed by atoms with van der Waals surface area (Å²) in [6, 6.07) is 0.856. The minimum Gasteiger partial charge on any atom is -0.356 e. The van der Waals surface area contributed by atoms with Gasteiger partial charge in [-0.1, -0.05) is 6.92 Å². The predicted octanol–water partition coefficient (Wildman–Crippen LogP) is 1.60. The number of amides is 1. The van der Waals surface area contributed by atoms with Crippen LogP contribution in [-0.2, 0) is 4.79 Å². The molecule has 0 aromatic carbocycles. The summed E-state index contributed by atoms with van der Waals surface area (Å²) in [4.78, 5) is 14.4. The molecular formula is C15H31N3O. The van der Waals surface area contributed by atoms with Gasteiger partial charge >= 0.3 is 0 Å². The molecule has 19 heavy (non-hydrogen) atoms. The lowest BCUT2D eigenvalue weighted by Crippen LogP contribution is -2.41. The quantitative estimate of drug-likeness (QED) is 0.720. The van der Waals surface area contributed by atoms with Crippen molar-refractivity contribution >= 4 is 5.91 Å². The lowest BCUT2D eigenvalue weighted by atomic mass is 9.78. The van der Waals surface area contributed by atoms with Crippen LogP contribution in [0.25, 0.3) is 0 Å². The van der Waals surface area contributed by atoms with Crippen molar-refractivity contribution in [3.8, 4) is 0 Å². The average Bonchev–Trinajstić information content (AvgIpc) is 2.33. The molecular weight excluding hydrogens is 238 g/mol. The van der Waals surface area contributed by atoms with E-state index in [0.29, 0.717) is 18.0 Å². The summed E-state index contributed by atoms with van der Waals surface area (Å²) in [5, 5.41) is 3.09. The summed E-state index contributed by atoms with van der Waals surface area (Å²) in [5.74, 6) is 0.816. The zero-order chi connectivity index (χ0) is 14.4. The van der Waals surface area contributed by atoms with Gasteiger partial charge in [0.15, 0.2) is 0 Å². The van der Waals surface area contributed by atoms with E-state index in [1.165, 1.54) is 0 Å². The van der Waals surface area contributed by atoms with Gasteiger partial charge < -0.3 is 16.0 Å². The van der Waals surface area contributed by atoms with Crippen molar-refractivity contribution in [1.82, 2.24) is 10.2 Å². The highest BCUT2D eigenvalue weighted by Crippen LogP contribution is 2.29. The van der Waals surface area contributed by atoms with Crippen LogP contribution < -0.4 is 11.1 Å². The topological polar surface area (TPSA) is 58.4 Å². The molecule has 1 aliphatic carbocycles. The first-order valence-corrected chi connectivity index (χ1v) is 7.65. The number of rotatable bonds is 6. The van der Waals surface area contributed by atoms with Gasteiger partial charge in [0.1, 0.15) is 0 Å². The molecule has 1 amide bonds. The molecule has 3 N–H and O–H groups in total. The van der Waals surface area contributed by atoms with E-state index in [4.69, 9.17) is 5.73 Å². The van der Waals surface area contributed by atoms with Gasteiger partial charge in [0.25, 0.3) is 0 Å². The standard InChI is InChI=1S/C15H31N3O/c1-11(2)18(4)9-5-8-17-15(19)14-7-6-13(16)10-12(14)3/h11-14H,5-10,16H2,1-4H3,(H,17,19). The SMILES string of the molecule is CC1CC(N)CCC1C(=O)NCCCN(C)C(C)C. The van der Waals surface area contributed by atoms with Gasteiger partial charge in [-0.15, -0.1) is 0 Å². The Morgan fingerprint density at radius 2 is 2.11 bits per heavy atom. The Morgan fingerprint density at radius 1 is 1.42 bits per heavy atom. The Bertz CT molecular complexity index is 281. The van der Waals surface area contributed by atoms with E-state index in [2.05, 4.69) is 38.0 Å². The van der Waals surface area contributed by atoms with Crippen LogP contribution in [-0.4, -0.2) is 43.0 Å². The van der Waals surface area contributed by atoms with Crippen LogP contribution in [0.5, 0.6) is 0 Å². The van der Waals surface area contributed by atoms with Gasteiger partial charge in [-0.25, -0.2) is 0 Å². The van der Waals surface area contributed by atoms with Crippen molar-refractivity contribution in [2.45, 2.75) is 58.5 Å². The first-order chi connectivity index (χ1) is 8.91. The number of nitrogens with zero attached hydrogens (tertiary/aromatic N) is 1. The van der Waals surface area contributed by atoms with Gasteiger partial charge in [-0.2, -0.15) is 0 Å². The van der Waals surface area contributed by atoms with Crippen molar-refractivity contribution in [2.24, 2.45) is 17.6 Å². The molecule has 4 heteroatoms. The van der Waals surface area contributed by atoms with E-state index in [9.17, 15) is 4.79 Å². The Morgan fingerprint density at radius 3 is 2.68 bits per heavy atom. The van der Waals surface area contributed by atoms with Gasteiger partial charge in [0.2, 0.25) is 5.91 Å². The van der Waals surface area contributed by atoms with Gasteiger partial charge in [-0.3, -0.25) is 4.79 Å². The molecule has 1 aliphatic rings. The van der Waals surface area contributed by atoms with E-state index in [1.54, 1.807) is 0 Å². The van der Waals surface area contributed by atoms with E-state index >= 15 is 0 Å².